The zero-order valence-corrected chi connectivity index (χ0v) is 16.5. The molecule has 4 N–H and O–H groups in total. The summed E-state index contributed by atoms with van der Waals surface area (Å²) in [6.45, 7) is 3.83. The van der Waals surface area contributed by atoms with Crippen LogP contribution in [0.1, 0.15) is 30.2 Å². The highest BCUT2D eigenvalue weighted by Gasteiger charge is 2.24. The van der Waals surface area contributed by atoms with Crippen molar-refractivity contribution in [3.63, 3.8) is 0 Å². The lowest BCUT2D eigenvalue weighted by molar-refractivity contribution is 0.0697. The first-order valence-electron chi connectivity index (χ1n) is 9.56. The fourth-order valence-corrected chi connectivity index (χ4v) is 3.91. The first-order valence-corrected chi connectivity index (χ1v) is 9.56. The van der Waals surface area contributed by atoms with Gasteiger partial charge in [0.15, 0.2) is 11.2 Å². The minimum absolute atomic E-state index is 0.0161. The van der Waals surface area contributed by atoms with Gasteiger partial charge in [-0.3, -0.25) is 19.4 Å². The van der Waals surface area contributed by atoms with Crippen LogP contribution >= 0.6 is 0 Å². The largest absolute Gasteiger partial charge is 0.502 e. The van der Waals surface area contributed by atoms with Crippen LogP contribution in [0.15, 0.2) is 50.4 Å². The van der Waals surface area contributed by atoms with Crippen molar-refractivity contribution in [2.24, 2.45) is 0 Å². The number of pyridine rings is 1. The number of carboxylic acid groups (broad SMARTS) is 1. The van der Waals surface area contributed by atoms with Crippen LogP contribution in [0.4, 0.5) is 0 Å². The van der Waals surface area contributed by atoms with Gasteiger partial charge in [-0.1, -0.05) is 12.1 Å². The Morgan fingerprint density at radius 1 is 1.06 bits per heavy atom. The van der Waals surface area contributed by atoms with E-state index in [2.05, 4.69) is 10.1 Å². The number of aromatic hydroxyl groups is 1. The molecule has 2 aromatic carbocycles. The zero-order valence-electron chi connectivity index (χ0n) is 16.5. The fourth-order valence-electron chi connectivity index (χ4n) is 3.91. The standard InChI is InChI=1S/C22H17N3O6/c1-9(2)25-20-15(21(28)24-25)14(10-3-5-11(6-4-10)22(29)30)19-16(23-20)12-7-8-13(26)17(27)18(12)31-19/h3-9,23,27H,1-2H3,(H,24,28)(H,29,30). The molecule has 9 heteroatoms. The molecular formula is C22H17N3O6. The number of aromatic amines is 2. The van der Waals surface area contributed by atoms with Crippen molar-refractivity contribution in [2.75, 3.05) is 0 Å². The predicted octanol–water partition coefficient (Wildman–Crippen LogP) is 3.57. The van der Waals surface area contributed by atoms with E-state index in [1.165, 1.54) is 18.2 Å². The fraction of sp³-hybridized carbons (Fsp3) is 0.136. The van der Waals surface area contributed by atoms with E-state index in [4.69, 9.17) is 4.42 Å². The molecular weight excluding hydrogens is 402 g/mol. The van der Waals surface area contributed by atoms with Crippen LogP contribution in [0.2, 0.25) is 0 Å². The van der Waals surface area contributed by atoms with Crippen molar-refractivity contribution in [2.45, 2.75) is 19.9 Å². The summed E-state index contributed by atoms with van der Waals surface area (Å²) in [6.07, 6.45) is 0. The van der Waals surface area contributed by atoms with Gasteiger partial charge >= 0.3 is 5.97 Å². The van der Waals surface area contributed by atoms with Gasteiger partial charge in [-0.25, -0.2) is 4.79 Å². The molecule has 3 aromatic heterocycles. The lowest BCUT2D eigenvalue weighted by atomic mass is 10.0. The van der Waals surface area contributed by atoms with Crippen LogP contribution in [-0.2, 0) is 0 Å². The third kappa shape index (κ3) is 2.59. The second-order valence-corrected chi connectivity index (χ2v) is 7.61. The smallest absolute Gasteiger partial charge is 0.335 e. The second-order valence-electron chi connectivity index (χ2n) is 7.61. The Hall–Kier alpha value is -4.27. The maximum atomic E-state index is 12.9. The van der Waals surface area contributed by atoms with E-state index in [1.807, 2.05) is 13.8 Å². The quantitative estimate of drug-likeness (QED) is 0.352. The van der Waals surface area contributed by atoms with E-state index in [0.717, 1.165) is 0 Å². The summed E-state index contributed by atoms with van der Waals surface area (Å²) in [4.78, 5) is 39.3. The molecule has 9 nitrogen and oxygen atoms in total. The lowest BCUT2D eigenvalue weighted by Gasteiger charge is -2.10. The van der Waals surface area contributed by atoms with Gasteiger partial charge in [0.1, 0.15) is 5.65 Å². The second kappa shape index (κ2) is 6.36. The third-order valence-electron chi connectivity index (χ3n) is 5.38. The number of hydrogen-bond donors (Lipinski definition) is 4. The molecule has 156 valence electrons. The van der Waals surface area contributed by atoms with E-state index in [1.54, 1.807) is 22.9 Å². The Labute approximate surface area is 173 Å². The SMILES string of the molecule is CC(C)n1[nH]c(=O)c2c(-c3ccc(C(=O)O)cc3)c3oc4c(O)c(=O)ccc4c3[nH]c21. The average Bonchev–Trinajstić information content (AvgIpc) is 3.28. The normalized spacial score (nSPS) is 11.8. The number of carbonyl (C=O) groups is 1. The number of phenols is 1. The number of aromatic nitrogens is 3. The highest BCUT2D eigenvalue weighted by atomic mass is 16.4. The van der Waals surface area contributed by atoms with Gasteiger partial charge in [-0.15, -0.1) is 0 Å². The molecule has 0 fully saturated rings. The van der Waals surface area contributed by atoms with Crippen molar-refractivity contribution in [3.8, 4) is 16.9 Å². The van der Waals surface area contributed by atoms with Gasteiger partial charge in [0, 0.05) is 17.0 Å². The molecule has 0 amide bonds. The number of rotatable bonds is 3. The molecule has 0 aliphatic rings. The van der Waals surface area contributed by atoms with Crippen LogP contribution in [0, 0.1) is 0 Å². The minimum atomic E-state index is -1.07. The number of aromatic carboxylic acids is 1. The molecule has 5 rings (SSSR count). The molecule has 0 aliphatic carbocycles. The zero-order chi connectivity index (χ0) is 22.0. The van der Waals surface area contributed by atoms with Crippen molar-refractivity contribution in [3.05, 3.63) is 62.5 Å². The van der Waals surface area contributed by atoms with Crippen molar-refractivity contribution < 1.29 is 19.4 Å². The predicted molar refractivity (Wildman–Crippen MR) is 115 cm³/mol. The van der Waals surface area contributed by atoms with Gasteiger partial charge in [0.2, 0.25) is 11.2 Å². The minimum Gasteiger partial charge on any atom is -0.502 e. The Bertz CT molecular complexity index is 1630. The van der Waals surface area contributed by atoms with E-state index in [9.17, 15) is 24.6 Å². The number of furan rings is 1. The van der Waals surface area contributed by atoms with Gasteiger partial charge < -0.3 is 19.6 Å². The topological polar surface area (TPSA) is 141 Å². The first-order chi connectivity index (χ1) is 14.8. The molecule has 0 unspecified atom stereocenters. The monoisotopic (exact) mass is 419 g/mol. The summed E-state index contributed by atoms with van der Waals surface area (Å²) in [6, 6.07) is 8.80. The number of carboxylic acids is 1. The molecule has 31 heavy (non-hydrogen) atoms. The number of nitrogens with zero attached hydrogens (tertiary/aromatic N) is 1. The average molecular weight is 419 g/mol. The van der Waals surface area contributed by atoms with Crippen LogP contribution in [0.5, 0.6) is 5.75 Å². The summed E-state index contributed by atoms with van der Waals surface area (Å²) in [5.74, 6) is -1.58. The van der Waals surface area contributed by atoms with Gasteiger partial charge in [0.25, 0.3) is 5.56 Å². The molecule has 0 saturated heterocycles. The Morgan fingerprint density at radius 3 is 2.42 bits per heavy atom. The van der Waals surface area contributed by atoms with Crippen LogP contribution in [0.25, 0.3) is 44.2 Å². The lowest BCUT2D eigenvalue weighted by Crippen LogP contribution is -2.07. The number of nitrogens with one attached hydrogen (secondary N) is 2. The van der Waals surface area contributed by atoms with Gasteiger partial charge in [0.05, 0.1) is 16.5 Å². The highest BCUT2D eigenvalue weighted by Crippen LogP contribution is 2.40. The maximum Gasteiger partial charge on any atom is 0.335 e. The number of H-pyrrole nitrogens is 2. The van der Waals surface area contributed by atoms with E-state index in [-0.39, 0.29) is 28.3 Å². The molecule has 0 atom stereocenters. The summed E-state index contributed by atoms with van der Waals surface area (Å²) in [7, 11) is 0. The third-order valence-corrected chi connectivity index (χ3v) is 5.38. The molecule has 5 aromatic rings. The molecule has 0 aliphatic heterocycles. The molecule has 0 bridgehead atoms. The summed E-state index contributed by atoms with van der Waals surface area (Å²) in [5.41, 5.74) is 1.47. The number of benzene rings is 2. The van der Waals surface area contributed by atoms with E-state index >= 15 is 0 Å². The Morgan fingerprint density at radius 2 is 1.77 bits per heavy atom. The van der Waals surface area contributed by atoms with Crippen molar-refractivity contribution >= 4 is 39.1 Å². The number of phenolic OH excluding ortho intramolecular Hbond substituents is 1. The molecule has 0 spiro atoms. The van der Waals surface area contributed by atoms with Crippen molar-refractivity contribution in [1.29, 1.82) is 0 Å². The van der Waals surface area contributed by atoms with Crippen molar-refractivity contribution in [1.82, 2.24) is 14.8 Å². The van der Waals surface area contributed by atoms with Gasteiger partial charge in [-0.05, 0) is 43.7 Å². The van der Waals surface area contributed by atoms with E-state index < -0.39 is 17.1 Å². The van der Waals surface area contributed by atoms with Crippen LogP contribution < -0.4 is 11.0 Å². The maximum absolute atomic E-state index is 12.9. The number of hydrogen-bond acceptors (Lipinski definition) is 5. The number of fused-ring (bicyclic) bond motifs is 4. The highest BCUT2D eigenvalue weighted by molar-refractivity contribution is 6.15. The molecule has 0 saturated carbocycles. The molecule has 3 heterocycles. The molecule has 0 radical (unpaired) electrons. The Kier molecular flexibility index (Phi) is 3.85. The van der Waals surface area contributed by atoms with Crippen LogP contribution in [0.3, 0.4) is 0 Å². The summed E-state index contributed by atoms with van der Waals surface area (Å²) >= 11 is 0. The van der Waals surface area contributed by atoms with Crippen LogP contribution in [-0.4, -0.2) is 30.9 Å². The first kappa shape index (κ1) is 18.7. The van der Waals surface area contributed by atoms with E-state index in [0.29, 0.717) is 33.1 Å². The Balaban J connectivity index is 2.01. The van der Waals surface area contributed by atoms with Gasteiger partial charge in [-0.2, -0.15) is 0 Å². The summed E-state index contributed by atoms with van der Waals surface area (Å²) in [5, 5.41) is 23.1. The summed E-state index contributed by atoms with van der Waals surface area (Å²) < 4.78 is 7.59.